The van der Waals surface area contributed by atoms with Gasteiger partial charge in [-0.05, 0) is 61.9 Å². The number of aryl methyl sites for hydroxylation is 1. The van der Waals surface area contributed by atoms with Gasteiger partial charge in [0.05, 0.1) is 5.92 Å². The van der Waals surface area contributed by atoms with Crippen molar-refractivity contribution in [1.29, 1.82) is 0 Å². The minimum atomic E-state index is -0.524. The number of amides is 1. The number of likely N-dealkylation sites (tertiary alicyclic amines) is 1. The number of hydrogen-bond donors (Lipinski definition) is 1. The van der Waals surface area contributed by atoms with Crippen LogP contribution in [0.1, 0.15) is 63.5 Å². The molecular weight excluding hydrogens is 444 g/mol. The molecule has 2 aromatic rings. The standard InChI is InChI=1S/C28H36N2O5/c1-4-25(23-12-13-26(34-20(2)31)27(19-23)35-21(3)32)28(33)29-24-14-17-30(18-15-24)16-8-11-22-9-6-5-7-10-22/h5-7,9-10,12-13,19,24-25H,4,8,11,14-18H2,1-3H3,(H,29,33). The lowest BCUT2D eigenvalue weighted by Crippen LogP contribution is -2.46. The zero-order valence-electron chi connectivity index (χ0n) is 20.9. The Morgan fingerprint density at radius 2 is 1.63 bits per heavy atom. The summed E-state index contributed by atoms with van der Waals surface area (Å²) in [5.41, 5.74) is 2.09. The Morgan fingerprint density at radius 1 is 0.971 bits per heavy atom. The highest BCUT2D eigenvalue weighted by atomic mass is 16.6. The summed E-state index contributed by atoms with van der Waals surface area (Å²) in [5.74, 6) is -1.17. The predicted octanol–water partition coefficient (Wildman–Crippen LogP) is 4.24. The van der Waals surface area contributed by atoms with Gasteiger partial charge in [0.2, 0.25) is 5.91 Å². The molecule has 1 atom stereocenters. The molecule has 1 aliphatic rings. The smallest absolute Gasteiger partial charge is 0.308 e. The SMILES string of the molecule is CCC(C(=O)NC1CCN(CCCc2ccccc2)CC1)c1ccc(OC(C)=O)c(OC(C)=O)c1. The van der Waals surface area contributed by atoms with Gasteiger partial charge in [0, 0.05) is 33.0 Å². The molecule has 1 aliphatic heterocycles. The Balaban J connectivity index is 1.53. The van der Waals surface area contributed by atoms with Gasteiger partial charge in [-0.2, -0.15) is 0 Å². The second kappa shape index (κ2) is 13.0. The minimum absolute atomic E-state index is 0.0379. The van der Waals surface area contributed by atoms with E-state index in [1.807, 2.05) is 13.0 Å². The maximum atomic E-state index is 13.1. The number of esters is 2. The molecule has 1 fully saturated rings. The van der Waals surface area contributed by atoms with E-state index in [-0.39, 0.29) is 29.4 Å². The molecule has 1 N–H and O–H groups in total. The lowest BCUT2D eigenvalue weighted by atomic mass is 9.94. The monoisotopic (exact) mass is 480 g/mol. The van der Waals surface area contributed by atoms with E-state index in [9.17, 15) is 14.4 Å². The van der Waals surface area contributed by atoms with Crippen molar-refractivity contribution in [3.63, 3.8) is 0 Å². The van der Waals surface area contributed by atoms with Crippen molar-refractivity contribution in [2.24, 2.45) is 0 Å². The van der Waals surface area contributed by atoms with Crippen LogP contribution in [0.3, 0.4) is 0 Å². The first-order valence-corrected chi connectivity index (χ1v) is 12.4. The summed E-state index contributed by atoms with van der Waals surface area (Å²) in [6.07, 6.45) is 4.67. The van der Waals surface area contributed by atoms with Crippen LogP contribution >= 0.6 is 0 Å². The van der Waals surface area contributed by atoms with Gasteiger partial charge in [0.1, 0.15) is 0 Å². The average Bonchev–Trinajstić information content (AvgIpc) is 2.82. The summed E-state index contributed by atoms with van der Waals surface area (Å²) in [6.45, 7) is 7.53. The zero-order chi connectivity index (χ0) is 25.2. The predicted molar refractivity (Wildman–Crippen MR) is 134 cm³/mol. The molecule has 0 bridgehead atoms. The number of rotatable bonds is 10. The van der Waals surface area contributed by atoms with Crippen molar-refractivity contribution in [2.75, 3.05) is 19.6 Å². The topological polar surface area (TPSA) is 84.9 Å². The second-order valence-electron chi connectivity index (χ2n) is 9.07. The molecule has 1 saturated heterocycles. The number of ether oxygens (including phenoxy) is 2. The van der Waals surface area contributed by atoms with Crippen LogP contribution in [0.15, 0.2) is 48.5 Å². The normalized spacial score (nSPS) is 15.3. The highest BCUT2D eigenvalue weighted by Gasteiger charge is 2.26. The van der Waals surface area contributed by atoms with E-state index in [4.69, 9.17) is 9.47 Å². The van der Waals surface area contributed by atoms with Crippen molar-refractivity contribution in [2.45, 2.75) is 64.8 Å². The van der Waals surface area contributed by atoms with E-state index in [0.29, 0.717) is 6.42 Å². The molecule has 1 heterocycles. The molecule has 1 unspecified atom stereocenters. The fourth-order valence-corrected chi connectivity index (χ4v) is 4.54. The third-order valence-electron chi connectivity index (χ3n) is 6.32. The molecule has 0 aliphatic carbocycles. The van der Waals surface area contributed by atoms with Crippen LogP contribution in [0.4, 0.5) is 0 Å². The number of nitrogens with one attached hydrogen (secondary N) is 1. The van der Waals surface area contributed by atoms with Crippen LogP contribution in [-0.2, 0) is 20.8 Å². The molecule has 0 spiro atoms. The van der Waals surface area contributed by atoms with Gasteiger partial charge >= 0.3 is 11.9 Å². The van der Waals surface area contributed by atoms with Crippen LogP contribution in [0, 0.1) is 0 Å². The van der Waals surface area contributed by atoms with E-state index >= 15 is 0 Å². The molecule has 0 aromatic heterocycles. The molecular formula is C28H36N2O5. The largest absolute Gasteiger partial charge is 0.423 e. The summed E-state index contributed by atoms with van der Waals surface area (Å²) < 4.78 is 10.4. The lowest BCUT2D eigenvalue weighted by Gasteiger charge is -2.33. The van der Waals surface area contributed by atoms with Gasteiger partial charge in [-0.1, -0.05) is 43.3 Å². The Labute approximate surface area is 207 Å². The van der Waals surface area contributed by atoms with Crippen LogP contribution in [0.2, 0.25) is 0 Å². The molecule has 0 saturated carbocycles. The van der Waals surface area contributed by atoms with E-state index < -0.39 is 11.9 Å². The fraction of sp³-hybridized carbons (Fsp3) is 0.464. The van der Waals surface area contributed by atoms with Gasteiger partial charge in [0.15, 0.2) is 11.5 Å². The third kappa shape index (κ3) is 8.21. The van der Waals surface area contributed by atoms with E-state index in [2.05, 4.69) is 34.5 Å². The molecule has 1 amide bonds. The second-order valence-corrected chi connectivity index (χ2v) is 9.07. The van der Waals surface area contributed by atoms with E-state index in [1.165, 1.54) is 19.4 Å². The van der Waals surface area contributed by atoms with Crippen molar-refractivity contribution in [3.05, 3.63) is 59.7 Å². The van der Waals surface area contributed by atoms with Crippen molar-refractivity contribution >= 4 is 17.8 Å². The summed E-state index contributed by atoms with van der Waals surface area (Å²) >= 11 is 0. The number of carbonyl (C=O) groups excluding carboxylic acids is 3. The number of benzene rings is 2. The average molecular weight is 481 g/mol. The first-order valence-electron chi connectivity index (χ1n) is 12.4. The lowest BCUT2D eigenvalue weighted by molar-refractivity contribution is -0.134. The van der Waals surface area contributed by atoms with Gasteiger partial charge < -0.3 is 19.7 Å². The molecule has 35 heavy (non-hydrogen) atoms. The Hall–Kier alpha value is -3.19. The Kier molecular flexibility index (Phi) is 9.85. The summed E-state index contributed by atoms with van der Waals surface area (Å²) in [5, 5.41) is 3.22. The number of hydrogen-bond acceptors (Lipinski definition) is 6. The quantitative estimate of drug-likeness (QED) is 0.404. The summed E-state index contributed by atoms with van der Waals surface area (Å²) in [7, 11) is 0. The maximum Gasteiger partial charge on any atom is 0.308 e. The first kappa shape index (κ1) is 26.4. The van der Waals surface area contributed by atoms with E-state index in [0.717, 1.165) is 50.9 Å². The molecule has 188 valence electrons. The Morgan fingerprint density at radius 3 is 2.26 bits per heavy atom. The van der Waals surface area contributed by atoms with Crippen molar-refractivity contribution in [3.8, 4) is 11.5 Å². The minimum Gasteiger partial charge on any atom is -0.423 e. The highest BCUT2D eigenvalue weighted by molar-refractivity contribution is 5.84. The number of carbonyl (C=O) groups is 3. The van der Waals surface area contributed by atoms with Crippen LogP contribution < -0.4 is 14.8 Å². The first-order chi connectivity index (χ1) is 16.9. The molecule has 3 rings (SSSR count). The van der Waals surface area contributed by atoms with Gasteiger partial charge in [-0.15, -0.1) is 0 Å². The zero-order valence-corrected chi connectivity index (χ0v) is 20.9. The van der Waals surface area contributed by atoms with Crippen LogP contribution in [0.5, 0.6) is 11.5 Å². The molecule has 7 heteroatoms. The molecule has 0 radical (unpaired) electrons. The fourth-order valence-electron chi connectivity index (χ4n) is 4.54. The van der Waals surface area contributed by atoms with Gasteiger partial charge in [0.25, 0.3) is 0 Å². The molecule has 2 aromatic carbocycles. The number of piperidine rings is 1. The van der Waals surface area contributed by atoms with Crippen LogP contribution in [0.25, 0.3) is 0 Å². The molecule has 7 nitrogen and oxygen atoms in total. The maximum absolute atomic E-state index is 13.1. The summed E-state index contributed by atoms with van der Waals surface area (Å²) in [6, 6.07) is 15.6. The van der Waals surface area contributed by atoms with Gasteiger partial charge in [-0.3, -0.25) is 14.4 Å². The number of nitrogens with zero attached hydrogens (tertiary/aromatic N) is 1. The third-order valence-corrected chi connectivity index (χ3v) is 6.32. The van der Waals surface area contributed by atoms with E-state index in [1.54, 1.807) is 18.2 Å². The van der Waals surface area contributed by atoms with Gasteiger partial charge in [-0.25, -0.2) is 0 Å². The van der Waals surface area contributed by atoms with Crippen LogP contribution in [-0.4, -0.2) is 48.4 Å². The Bertz CT molecular complexity index is 1000. The highest BCUT2D eigenvalue weighted by Crippen LogP contribution is 2.33. The van der Waals surface area contributed by atoms with Crippen molar-refractivity contribution in [1.82, 2.24) is 10.2 Å². The summed E-state index contributed by atoms with van der Waals surface area (Å²) in [4.78, 5) is 38.5. The van der Waals surface area contributed by atoms with Crippen molar-refractivity contribution < 1.29 is 23.9 Å².